The highest BCUT2D eigenvalue weighted by Crippen LogP contribution is 2.31. The van der Waals surface area contributed by atoms with E-state index in [0.717, 1.165) is 6.42 Å². The van der Waals surface area contributed by atoms with Crippen LogP contribution in [-0.2, 0) is 9.47 Å². The lowest BCUT2D eigenvalue weighted by Gasteiger charge is -2.28. The zero-order valence-corrected chi connectivity index (χ0v) is 8.23. The van der Waals surface area contributed by atoms with E-state index in [9.17, 15) is 0 Å². The highest BCUT2D eigenvalue weighted by Gasteiger charge is 2.39. The van der Waals surface area contributed by atoms with Crippen molar-refractivity contribution in [3.8, 4) is 0 Å². The fraction of sp³-hybridized carbons (Fsp3) is 1.00. The predicted molar refractivity (Wildman–Crippen MR) is 48.0 cm³/mol. The molecule has 0 bridgehead atoms. The Morgan fingerprint density at radius 3 is 2.73 bits per heavy atom. The minimum Gasteiger partial charge on any atom is -0.346 e. The molecule has 0 aromatic carbocycles. The normalized spacial score (nSPS) is 40.9. The van der Waals surface area contributed by atoms with E-state index in [2.05, 4.69) is 19.6 Å². The van der Waals surface area contributed by atoms with Crippen LogP contribution in [0.3, 0.4) is 0 Å². The molecule has 11 heavy (non-hydrogen) atoms. The molecule has 0 aliphatic carbocycles. The van der Waals surface area contributed by atoms with Gasteiger partial charge in [-0.1, -0.05) is 6.92 Å². The van der Waals surface area contributed by atoms with E-state index in [4.69, 9.17) is 9.47 Å². The van der Waals surface area contributed by atoms with Gasteiger partial charge in [-0.15, -0.1) is 0 Å². The summed E-state index contributed by atoms with van der Waals surface area (Å²) in [4.78, 5) is 0. The van der Waals surface area contributed by atoms with E-state index in [1.165, 1.54) is 0 Å². The maximum atomic E-state index is 5.60. The van der Waals surface area contributed by atoms with Crippen LogP contribution in [0, 0.1) is 0 Å². The summed E-state index contributed by atoms with van der Waals surface area (Å²) in [5.41, 5.74) is 0. The highest BCUT2D eigenvalue weighted by molar-refractivity contribution is 7.81. The van der Waals surface area contributed by atoms with Gasteiger partial charge < -0.3 is 9.47 Å². The van der Waals surface area contributed by atoms with Gasteiger partial charge in [-0.2, -0.15) is 12.6 Å². The van der Waals surface area contributed by atoms with Crippen molar-refractivity contribution in [1.29, 1.82) is 0 Å². The molecule has 1 rings (SSSR count). The first-order valence-electron chi connectivity index (χ1n) is 4.08. The second-order valence-corrected chi connectivity index (χ2v) is 3.80. The van der Waals surface area contributed by atoms with E-state index in [1.54, 1.807) is 0 Å². The summed E-state index contributed by atoms with van der Waals surface area (Å²) in [5.74, 6) is -0.461. The average Bonchev–Trinajstić information content (AvgIpc) is 2.31. The second kappa shape index (κ2) is 3.33. The summed E-state index contributed by atoms with van der Waals surface area (Å²) in [7, 11) is 0. The van der Waals surface area contributed by atoms with Gasteiger partial charge in [-0.25, -0.2) is 0 Å². The van der Waals surface area contributed by atoms with Crippen LogP contribution in [0.4, 0.5) is 0 Å². The molecule has 0 aromatic rings. The van der Waals surface area contributed by atoms with E-state index in [1.807, 2.05) is 13.8 Å². The highest BCUT2D eigenvalue weighted by atomic mass is 32.1. The monoisotopic (exact) mass is 176 g/mol. The first kappa shape index (κ1) is 9.36. The van der Waals surface area contributed by atoms with Crippen LogP contribution in [0.2, 0.25) is 0 Å². The predicted octanol–water partition coefficient (Wildman–Crippen LogP) is 1.85. The zero-order valence-electron chi connectivity index (χ0n) is 7.33. The lowest BCUT2D eigenvalue weighted by atomic mass is 10.2. The van der Waals surface area contributed by atoms with Crippen molar-refractivity contribution in [2.45, 2.75) is 44.3 Å². The topological polar surface area (TPSA) is 18.5 Å². The van der Waals surface area contributed by atoms with Crippen LogP contribution < -0.4 is 0 Å². The third-order valence-electron chi connectivity index (χ3n) is 2.03. The van der Waals surface area contributed by atoms with Gasteiger partial charge in [0.2, 0.25) is 0 Å². The number of hydrogen-bond donors (Lipinski definition) is 1. The number of ether oxygens (including phenoxy) is 2. The van der Waals surface area contributed by atoms with E-state index < -0.39 is 5.79 Å². The van der Waals surface area contributed by atoms with Crippen molar-refractivity contribution in [2.24, 2.45) is 0 Å². The van der Waals surface area contributed by atoms with Gasteiger partial charge in [0.1, 0.15) is 0 Å². The Labute approximate surface area is 73.7 Å². The summed E-state index contributed by atoms with van der Waals surface area (Å²) in [5, 5.41) is 0.174. The van der Waals surface area contributed by atoms with Gasteiger partial charge in [0, 0.05) is 0 Å². The van der Waals surface area contributed by atoms with Crippen molar-refractivity contribution in [1.82, 2.24) is 0 Å². The van der Waals surface area contributed by atoms with Crippen LogP contribution in [0.25, 0.3) is 0 Å². The molecule has 3 atom stereocenters. The molecule has 0 saturated carbocycles. The minimum atomic E-state index is -0.461. The number of rotatable bonds is 2. The molecule has 0 radical (unpaired) electrons. The molecular formula is C8H16O2S. The molecule has 1 aliphatic rings. The first-order chi connectivity index (χ1) is 5.08. The molecule has 66 valence electrons. The Morgan fingerprint density at radius 2 is 2.36 bits per heavy atom. The van der Waals surface area contributed by atoms with Gasteiger partial charge >= 0.3 is 0 Å². The molecule has 0 spiro atoms. The van der Waals surface area contributed by atoms with Gasteiger partial charge in [0.05, 0.1) is 18.0 Å². The number of hydrogen-bond acceptors (Lipinski definition) is 3. The van der Waals surface area contributed by atoms with E-state index in [-0.39, 0.29) is 11.4 Å². The standard InChI is InChI=1S/C8H16O2S/c1-4-7(11)8(3)9-5-6(2)10-8/h6-7,11H,4-5H2,1-3H3. The fourth-order valence-electron chi connectivity index (χ4n) is 1.30. The lowest BCUT2D eigenvalue weighted by Crippen LogP contribution is -2.36. The maximum absolute atomic E-state index is 5.60. The molecule has 3 unspecified atom stereocenters. The average molecular weight is 176 g/mol. The molecule has 3 heteroatoms. The van der Waals surface area contributed by atoms with Crippen LogP contribution in [0.5, 0.6) is 0 Å². The van der Waals surface area contributed by atoms with Crippen molar-refractivity contribution in [3.63, 3.8) is 0 Å². The summed E-state index contributed by atoms with van der Waals surface area (Å²) in [6, 6.07) is 0. The molecule has 1 aliphatic heterocycles. The Balaban J connectivity index is 2.54. The van der Waals surface area contributed by atoms with Gasteiger partial charge in [0.25, 0.3) is 0 Å². The first-order valence-corrected chi connectivity index (χ1v) is 4.60. The van der Waals surface area contributed by atoms with Crippen molar-refractivity contribution in [2.75, 3.05) is 6.61 Å². The summed E-state index contributed by atoms with van der Waals surface area (Å²) in [6.07, 6.45) is 1.17. The molecule has 0 aromatic heterocycles. The third-order valence-corrected chi connectivity index (χ3v) is 2.87. The third kappa shape index (κ3) is 1.89. The Bertz CT molecular complexity index is 140. The fourth-order valence-corrected chi connectivity index (χ4v) is 1.43. The zero-order chi connectivity index (χ0) is 8.48. The summed E-state index contributed by atoms with van der Waals surface area (Å²) < 4.78 is 11.1. The van der Waals surface area contributed by atoms with Crippen molar-refractivity contribution >= 4 is 12.6 Å². The molecule has 1 saturated heterocycles. The molecule has 1 heterocycles. The smallest absolute Gasteiger partial charge is 0.177 e. The molecular weight excluding hydrogens is 160 g/mol. The Hall–Kier alpha value is 0.270. The van der Waals surface area contributed by atoms with Gasteiger partial charge in [0.15, 0.2) is 5.79 Å². The van der Waals surface area contributed by atoms with Crippen LogP contribution >= 0.6 is 12.6 Å². The van der Waals surface area contributed by atoms with Crippen molar-refractivity contribution < 1.29 is 9.47 Å². The largest absolute Gasteiger partial charge is 0.346 e. The molecule has 0 N–H and O–H groups in total. The van der Waals surface area contributed by atoms with E-state index in [0.29, 0.717) is 6.61 Å². The maximum Gasteiger partial charge on any atom is 0.177 e. The molecule has 2 nitrogen and oxygen atoms in total. The van der Waals surface area contributed by atoms with Crippen LogP contribution in [-0.4, -0.2) is 23.7 Å². The lowest BCUT2D eigenvalue weighted by molar-refractivity contribution is -0.151. The van der Waals surface area contributed by atoms with Crippen LogP contribution in [0.15, 0.2) is 0 Å². The number of thiol groups is 1. The quantitative estimate of drug-likeness (QED) is 0.647. The molecule has 1 fully saturated rings. The van der Waals surface area contributed by atoms with Gasteiger partial charge in [-0.3, -0.25) is 0 Å². The summed E-state index contributed by atoms with van der Waals surface area (Å²) in [6.45, 7) is 6.74. The Morgan fingerprint density at radius 1 is 1.73 bits per heavy atom. The van der Waals surface area contributed by atoms with E-state index >= 15 is 0 Å². The van der Waals surface area contributed by atoms with Crippen molar-refractivity contribution in [3.05, 3.63) is 0 Å². The van der Waals surface area contributed by atoms with Crippen LogP contribution in [0.1, 0.15) is 27.2 Å². The second-order valence-electron chi connectivity index (χ2n) is 3.18. The van der Waals surface area contributed by atoms with Gasteiger partial charge in [-0.05, 0) is 20.3 Å². The SMILES string of the molecule is CCC(S)C1(C)OCC(C)O1. The minimum absolute atomic E-state index is 0.174. The molecule has 0 amide bonds. The summed E-state index contributed by atoms with van der Waals surface area (Å²) >= 11 is 4.40. The Kier molecular flexibility index (Phi) is 2.84.